The molecule has 0 fully saturated rings. The van der Waals surface area contributed by atoms with Crippen molar-refractivity contribution in [2.75, 3.05) is 11.9 Å². The molecule has 1 aromatic heterocycles. The van der Waals surface area contributed by atoms with Crippen molar-refractivity contribution in [1.82, 2.24) is 9.97 Å². The molecular weight excluding hydrogens is 204 g/mol. The Kier molecular flexibility index (Phi) is 4.69. The van der Waals surface area contributed by atoms with Crippen LogP contribution in [0.2, 0.25) is 0 Å². The van der Waals surface area contributed by atoms with Crippen molar-refractivity contribution in [2.45, 2.75) is 32.6 Å². The van der Waals surface area contributed by atoms with Crippen LogP contribution in [0, 0.1) is 0 Å². The number of hydrogen-bond acceptors (Lipinski definition) is 4. The van der Waals surface area contributed by atoms with Crippen molar-refractivity contribution in [3.05, 3.63) is 18.1 Å². The van der Waals surface area contributed by atoms with E-state index >= 15 is 0 Å². The van der Waals surface area contributed by atoms with Crippen molar-refractivity contribution in [3.8, 4) is 0 Å². The van der Waals surface area contributed by atoms with Crippen LogP contribution in [0.4, 0.5) is 5.82 Å². The quantitative estimate of drug-likeness (QED) is 0.759. The first-order chi connectivity index (χ1) is 7.67. The maximum absolute atomic E-state index is 10.6. The Labute approximate surface area is 95.5 Å². The minimum absolute atomic E-state index is 0.0966. The summed E-state index contributed by atoms with van der Waals surface area (Å²) in [7, 11) is 0. The highest BCUT2D eigenvalue weighted by Gasteiger charge is 2.09. The smallest absolute Gasteiger partial charge is 0.236 e. The van der Waals surface area contributed by atoms with E-state index < -0.39 is 5.91 Å². The van der Waals surface area contributed by atoms with E-state index in [-0.39, 0.29) is 6.54 Å². The van der Waals surface area contributed by atoms with Crippen LogP contribution >= 0.6 is 0 Å². The summed E-state index contributed by atoms with van der Waals surface area (Å²) >= 11 is 0. The molecule has 5 nitrogen and oxygen atoms in total. The van der Waals surface area contributed by atoms with Crippen LogP contribution in [0.25, 0.3) is 0 Å². The molecule has 0 aliphatic heterocycles. The molecule has 16 heavy (non-hydrogen) atoms. The lowest BCUT2D eigenvalue weighted by atomic mass is 9.99. The third kappa shape index (κ3) is 3.49. The predicted molar refractivity (Wildman–Crippen MR) is 63.0 cm³/mol. The first-order valence-corrected chi connectivity index (χ1v) is 5.51. The first-order valence-electron chi connectivity index (χ1n) is 5.51. The normalized spacial score (nSPS) is 10.4. The second-order valence-corrected chi connectivity index (χ2v) is 3.66. The lowest BCUT2D eigenvalue weighted by molar-refractivity contribution is -0.116. The van der Waals surface area contributed by atoms with Gasteiger partial charge in [0.25, 0.3) is 0 Å². The van der Waals surface area contributed by atoms with Gasteiger partial charge in [-0.2, -0.15) is 0 Å². The van der Waals surface area contributed by atoms with Gasteiger partial charge in [0.2, 0.25) is 5.91 Å². The molecular formula is C11H18N4O. The molecule has 88 valence electrons. The Morgan fingerprint density at radius 2 is 2.12 bits per heavy atom. The van der Waals surface area contributed by atoms with Crippen LogP contribution < -0.4 is 11.1 Å². The molecule has 3 N–H and O–H groups in total. The Bertz CT molecular complexity index is 350. The molecule has 5 heteroatoms. The fourth-order valence-corrected chi connectivity index (χ4v) is 1.58. The number of anilines is 1. The monoisotopic (exact) mass is 222 g/mol. The minimum atomic E-state index is -0.400. The number of carbonyl (C=O) groups is 1. The van der Waals surface area contributed by atoms with Gasteiger partial charge in [-0.3, -0.25) is 4.79 Å². The van der Waals surface area contributed by atoms with Crippen molar-refractivity contribution in [2.24, 2.45) is 5.73 Å². The predicted octanol–water partition coefficient (Wildman–Crippen LogP) is 1.28. The molecule has 0 aliphatic rings. The molecule has 0 saturated carbocycles. The molecule has 0 saturated heterocycles. The van der Waals surface area contributed by atoms with Crippen molar-refractivity contribution >= 4 is 11.7 Å². The Morgan fingerprint density at radius 1 is 1.44 bits per heavy atom. The zero-order valence-corrected chi connectivity index (χ0v) is 9.73. The van der Waals surface area contributed by atoms with Crippen LogP contribution in [0.5, 0.6) is 0 Å². The van der Waals surface area contributed by atoms with Gasteiger partial charge in [-0.25, -0.2) is 9.97 Å². The van der Waals surface area contributed by atoms with Gasteiger partial charge in [0.05, 0.1) is 6.54 Å². The molecule has 0 spiro atoms. The molecule has 1 heterocycles. The standard InChI is InChI=1S/C11H18N4O/c1-3-8(4-2)9-5-11(15-7-14-9)13-6-10(12)16/h5,7-8H,3-4,6H2,1-2H3,(H2,12,16)(H,13,14,15). The average molecular weight is 222 g/mol. The number of primary amides is 1. The number of nitrogens with two attached hydrogens (primary N) is 1. The summed E-state index contributed by atoms with van der Waals surface area (Å²) in [6, 6.07) is 1.88. The summed E-state index contributed by atoms with van der Waals surface area (Å²) in [5, 5.41) is 2.86. The van der Waals surface area contributed by atoms with Gasteiger partial charge in [0, 0.05) is 17.7 Å². The zero-order valence-electron chi connectivity index (χ0n) is 9.73. The summed E-state index contributed by atoms with van der Waals surface area (Å²) in [6.07, 6.45) is 3.60. The van der Waals surface area contributed by atoms with Gasteiger partial charge in [-0.1, -0.05) is 13.8 Å². The molecule has 1 rings (SSSR count). The van der Waals surface area contributed by atoms with Crippen LogP contribution in [0.1, 0.15) is 38.3 Å². The van der Waals surface area contributed by atoms with Gasteiger partial charge in [-0.15, -0.1) is 0 Å². The van der Waals surface area contributed by atoms with Gasteiger partial charge >= 0.3 is 0 Å². The van der Waals surface area contributed by atoms with E-state index in [0.29, 0.717) is 11.7 Å². The summed E-state index contributed by atoms with van der Waals surface area (Å²) in [6.45, 7) is 4.36. The summed E-state index contributed by atoms with van der Waals surface area (Å²) in [5.41, 5.74) is 6.05. The van der Waals surface area contributed by atoms with Gasteiger partial charge in [-0.05, 0) is 12.8 Å². The van der Waals surface area contributed by atoms with E-state index in [1.54, 1.807) is 0 Å². The number of rotatable bonds is 6. The molecule has 0 bridgehead atoms. The molecule has 0 aromatic carbocycles. The van der Waals surface area contributed by atoms with Crippen molar-refractivity contribution < 1.29 is 4.79 Å². The molecule has 0 unspecified atom stereocenters. The number of carbonyl (C=O) groups excluding carboxylic acids is 1. The van der Waals surface area contributed by atoms with E-state index in [1.165, 1.54) is 6.33 Å². The summed E-state index contributed by atoms with van der Waals surface area (Å²) in [4.78, 5) is 18.9. The third-order valence-electron chi connectivity index (χ3n) is 2.54. The van der Waals surface area contributed by atoms with E-state index in [1.807, 2.05) is 6.07 Å². The fourth-order valence-electron chi connectivity index (χ4n) is 1.58. The van der Waals surface area contributed by atoms with Crippen molar-refractivity contribution in [3.63, 3.8) is 0 Å². The van der Waals surface area contributed by atoms with E-state index in [9.17, 15) is 4.79 Å². The molecule has 1 amide bonds. The van der Waals surface area contributed by atoms with E-state index in [2.05, 4.69) is 29.1 Å². The lowest BCUT2D eigenvalue weighted by Crippen LogP contribution is -2.22. The molecule has 0 atom stereocenters. The first kappa shape index (κ1) is 12.4. The van der Waals surface area contributed by atoms with Gasteiger partial charge in [0.1, 0.15) is 12.1 Å². The fraction of sp³-hybridized carbons (Fsp3) is 0.545. The minimum Gasteiger partial charge on any atom is -0.368 e. The maximum atomic E-state index is 10.6. The SMILES string of the molecule is CCC(CC)c1cc(NCC(N)=O)ncn1. The average Bonchev–Trinajstić information content (AvgIpc) is 2.29. The van der Waals surface area contributed by atoms with Crippen LogP contribution in [0.15, 0.2) is 12.4 Å². The highest BCUT2D eigenvalue weighted by molar-refractivity contribution is 5.78. The molecule has 0 radical (unpaired) electrons. The Morgan fingerprint density at radius 3 is 2.69 bits per heavy atom. The van der Waals surface area contributed by atoms with Crippen molar-refractivity contribution in [1.29, 1.82) is 0 Å². The summed E-state index contributed by atoms with van der Waals surface area (Å²) < 4.78 is 0. The second-order valence-electron chi connectivity index (χ2n) is 3.66. The number of amides is 1. The number of hydrogen-bond donors (Lipinski definition) is 2. The van der Waals surface area contributed by atoms with Crippen LogP contribution in [0.3, 0.4) is 0 Å². The lowest BCUT2D eigenvalue weighted by Gasteiger charge is -2.12. The van der Waals surface area contributed by atoms with Crippen LogP contribution in [-0.4, -0.2) is 22.4 Å². The zero-order chi connectivity index (χ0) is 12.0. The Balaban J connectivity index is 2.73. The van der Waals surface area contributed by atoms with E-state index in [0.717, 1.165) is 18.5 Å². The summed E-state index contributed by atoms with van der Waals surface area (Å²) in [5.74, 6) is 0.690. The number of nitrogens with zero attached hydrogens (tertiary/aromatic N) is 2. The second kappa shape index (κ2) is 6.05. The van der Waals surface area contributed by atoms with Gasteiger partial charge < -0.3 is 11.1 Å². The maximum Gasteiger partial charge on any atom is 0.236 e. The largest absolute Gasteiger partial charge is 0.368 e. The highest BCUT2D eigenvalue weighted by Crippen LogP contribution is 2.21. The molecule has 0 aliphatic carbocycles. The van der Waals surface area contributed by atoms with Crippen LogP contribution in [-0.2, 0) is 4.79 Å². The third-order valence-corrected chi connectivity index (χ3v) is 2.54. The van der Waals surface area contributed by atoms with E-state index in [4.69, 9.17) is 5.73 Å². The Hall–Kier alpha value is -1.65. The topological polar surface area (TPSA) is 80.9 Å². The van der Waals surface area contributed by atoms with Gasteiger partial charge in [0.15, 0.2) is 0 Å². The number of nitrogens with one attached hydrogen (secondary N) is 1. The number of aromatic nitrogens is 2. The highest BCUT2D eigenvalue weighted by atomic mass is 16.1. The molecule has 1 aromatic rings.